The van der Waals surface area contributed by atoms with E-state index in [1.807, 2.05) is 48.5 Å². The van der Waals surface area contributed by atoms with Gasteiger partial charge in [-0.3, -0.25) is 4.98 Å². The molecule has 82 valence electrons. The third kappa shape index (κ3) is 3.33. The van der Waals surface area contributed by atoms with E-state index in [0.717, 1.165) is 5.69 Å². The molecule has 2 nitrogen and oxygen atoms in total. The summed E-state index contributed by atoms with van der Waals surface area (Å²) in [6, 6.07) is 15.1. The maximum Gasteiger partial charge on any atom is 0.155 e. The Kier molecular flexibility index (Phi) is 4.96. The van der Waals surface area contributed by atoms with Crippen LogP contribution in [0, 0.1) is 0 Å². The lowest BCUT2D eigenvalue weighted by Gasteiger charge is -1.97. The van der Waals surface area contributed by atoms with Crippen molar-refractivity contribution in [2.45, 2.75) is 0 Å². The molecule has 16 heavy (non-hydrogen) atoms. The Bertz CT molecular complexity index is 455. The summed E-state index contributed by atoms with van der Waals surface area (Å²) in [5.74, 6) is 0. The molecular formula is C12H10Cl2N2. The van der Waals surface area contributed by atoms with Crippen molar-refractivity contribution < 1.29 is 0 Å². The molecule has 0 radical (unpaired) electrons. The van der Waals surface area contributed by atoms with Crippen LogP contribution in [0.4, 0.5) is 5.69 Å². The average molecular weight is 253 g/mol. The van der Waals surface area contributed by atoms with Gasteiger partial charge in [0.1, 0.15) is 5.69 Å². The van der Waals surface area contributed by atoms with Gasteiger partial charge in [0.05, 0.1) is 5.69 Å². The van der Waals surface area contributed by atoms with Crippen molar-refractivity contribution in [3.63, 3.8) is 0 Å². The van der Waals surface area contributed by atoms with Crippen LogP contribution in [0.5, 0.6) is 0 Å². The Morgan fingerprint density at radius 3 is 2.31 bits per heavy atom. The SMILES string of the molecule is Cl.ClC(=Nc1ccccc1)c1ccccn1. The normalized spacial score (nSPS) is 10.7. The van der Waals surface area contributed by atoms with E-state index >= 15 is 0 Å². The summed E-state index contributed by atoms with van der Waals surface area (Å²) in [6.07, 6.45) is 1.69. The minimum Gasteiger partial charge on any atom is -0.254 e. The molecule has 0 atom stereocenters. The zero-order valence-corrected chi connectivity index (χ0v) is 9.95. The molecule has 0 saturated carbocycles. The lowest BCUT2D eigenvalue weighted by Crippen LogP contribution is -1.93. The molecule has 0 N–H and O–H groups in total. The minimum atomic E-state index is 0. The molecule has 0 aliphatic rings. The Balaban J connectivity index is 0.00000128. The van der Waals surface area contributed by atoms with Gasteiger partial charge in [0.25, 0.3) is 0 Å². The molecule has 0 aliphatic heterocycles. The quantitative estimate of drug-likeness (QED) is 0.747. The molecule has 1 heterocycles. The van der Waals surface area contributed by atoms with Crippen LogP contribution in [0.3, 0.4) is 0 Å². The number of aliphatic imine (C=N–C) groups is 1. The molecule has 0 fully saturated rings. The summed E-state index contributed by atoms with van der Waals surface area (Å²) < 4.78 is 0. The highest BCUT2D eigenvalue weighted by Gasteiger charge is 1.99. The van der Waals surface area contributed by atoms with E-state index in [4.69, 9.17) is 11.6 Å². The van der Waals surface area contributed by atoms with Gasteiger partial charge >= 0.3 is 0 Å². The average Bonchev–Trinajstić information content (AvgIpc) is 2.31. The predicted octanol–water partition coefficient (Wildman–Crippen LogP) is 3.82. The molecule has 0 aliphatic carbocycles. The molecule has 0 saturated heterocycles. The first-order chi connectivity index (χ1) is 7.36. The molecular weight excluding hydrogens is 243 g/mol. The lowest BCUT2D eigenvalue weighted by molar-refractivity contribution is 1.29. The Morgan fingerprint density at radius 1 is 1.00 bits per heavy atom. The van der Waals surface area contributed by atoms with Gasteiger partial charge < -0.3 is 0 Å². The molecule has 1 aromatic carbocycles. The van der Waals surface area contributed by atoms with Gasteiger partial charge in [-0.2, -0.15) is 0 Å². The number of para-hydroxylation sites is 1. The molecule has 0 unspecified atom stereocenters. The molecule has 0 spiro atoms. The fourth-order valence-electron chi connectivity index (χ4n) is 1.16. The first-order valence-electron chi connectivity index (χ1n) is 4.57. The second-order valence-electron chi connectivity index (χ2n) is 2.95. The van der Waals surface area contributed by atoms with E-state index < -0.39 is 0 Å². The summed E-state index contributed by atoms with van der Waals surface area (Å²) in [4.78, 5) is 8.36. The van der Waals surface area contributed by atoms with Gasteiger partial charge in [0.2, 0.25) is 0 Å². The van der Waals surface area contributed by atoms with Crippen LogP contribution in [-0.2, 0) is 0 Å². The Labute approximate surface area is 105 Å². The van der Waals surface area contributed by atoms with E-state index in [1.54, 1.807) is 6.20 Å². The number of nitrogens with zero attached hydrogens (tertiary/aromatic N) is 2. The second kappa shape index (κ2) is 6.26. The Hall–Kier alpha value is -1.38. The fourth-order valence-corrected chi connectivity index (χ4v) is 1.37. The lowest BCUT2D eigenvalue weighted by atomic mass is 10.3. The van der Waals surface area contributed by atoms with Crippen molar-refractivity contribution in [3.8, 4) is 0 Å². The van der Waals surface area contributed by atoms with Gasteiger partial charge in [0, 0.05) is 6.20 Å². The van der Waals surface area contributed by atoms with Crippen LogP contribution >= 0.6 is 24.0 Å². The minimum absolute atomic E-state index is 0. The number of halogens is 2. The molecule has 0 amide bonds. The number of hydrogen-bond donors (Lipinski definition) is 0. The van der Waals surface area contributed by atoms with Crippen molar-refractivity contribution in [2.75, 3.05) is 0 Å². The predicted molar refractivity (Wildman–Crippen MR) is 70.0 cm³/mol. The molecule has 2 aromatic rings. The summed E-state index contributed by atoms with van der Waals surface area (Å²) in [6.45, 7) is 0. The Morgan fingerprint density at radius 2 is 1.69 bits per heavy atom. The van der Waals surface area contributed by atoms with E-state index in [1.165, 1.54) is 0 Å². The van der Waals surface area contributed by atoms with Crippen LogP contribution in [-0.4, -0.2) is 10.2 Å². The molecule has 0 bridgehead atoms. The number of aromatic nitrogens is 1. The smallest absolute Gasteiger partial charge is 0.155 e. The summed E-state index contributed by atoms with van der Waals surface area (Å²) >= 11 is 6.03. The number of hydrogen-bond acceptors (Lipinski definition) is 2. The molecule has 2 rings (SSSR count). The zero-order valence-electron chi connectivity index (χ0n) is 8.38. The highest BCUT2D eigenvalue weighted by molar-refractivity contribution is 6.69. The standard InChI is InChI=1S/C12H9ClN2.ClH/c13-12(11-8-4-5-9-14-11)15-10-6-2-1-3-7-10;/h1-9H;1H. The monoisotopic (exact) mass is 252 g/mol. The fraction of sp³-hybridized carbons (Fsp3) is 0. The zero-order chi connectivity index (χ0) is 10.5. The van der Waals surface area contributed by atoms with Crippen LogP contribution < -0.4 is 0 Å². The summed E-state index contributed by atoms with van der Waals surface area (Å²) in [7, 11) is 0. The van der Waals surface area contributed by atoms with Crippen molar-refractivity contribution in [1.29, 1.82) is 0 Å². The number of pyridine rings is 1. The topological polar surface area (TPSA) is 25.2 Å². The first-order valence-corrected chi connectivity index (χ1v) is 4.95. The number of rotatable bonds is 2. The maximum atomic E-state index is 6.03. The van der Waals surface area contributed by atoms with Gasteiger partial charge in [0.15, 0.2) is 5.17 Å². The van der Waals surface area contributed by atoms with Gasteiger partial charge in [-0.15, -0.1) is 12.4 Å². The number of benzene rings is 1. The summed E-state index contributed by atoms with van der Waals surface area (Å²) in [5.41, 5.74) is 1.51. The van der Waals surface area contributed by atoms with Crippen LogP contribution in [0.1, 0.15) is 5.69 Å². The van der Waals surface area contributed by atoms with Crippen molar-refractivity contribution in [2.24, 2.45) is 4.99 Å². The van der Waals surface area contributed by atoms with E-state index in [-0.39, 0.29) is 12.4 Å². The second-order valence-corrected chi connectivity index (χ2v) is 3.31. The highest BCUT2D eigenvalue weighted by atomic mass is 35.5. The molecule has 1 aromatic heterocycles. The largest absolute Gasteiger partial charge is 0.254 e. The van der Waals surface area contributed by atoms with Crippen molar-refractivity contribution in [1.82, 2.24) is 4.98 Å². The van der Waals surface area contributed by atoms with Crippen LogP contribution in [0.2, 0.25) is 0 Å². The van der Waals surface area contributed by atoms with Crippen molar-refractivity contribution >= 4 is 34.9 Å². The van der Waals surface area contributed by atoms with E-state index in [2.05, 4.69) is 9.98 Å². The maximum absolute atomic E-state index is 6.03. The summed E-state index contributed by atoms with van der Waals surface area (Å²) in [5, 5.41) is 0.404. The molecule has 4 heteroatoms. The van der Waals surface area contributed by atoms with E-state index in [0.29, 0.717) is 10.9 Å². The van der Waals surface area contributed by atoms with Crippen LogP contribution in [0.25, 0.3) is 0 Å². The third-order valence-electron chi connectivity index (χ3n) is 1.86. The van der Waals surface area contributed by atoms with Gasteiger partial charge in [-0.25, -0.2) is 4.99 Å². The third-order valence-corrected chi connectivity index (χ3v) is 2.14. The van der Waals surface area contributed by atoms with Gasteiger partial charge in [-0.1, -0.05) is 35.9 Å². The van der Waals surface area contributed by atoms with E-state index in [9.17, 15) is 0 Å². The first kappa shape index (κ1) is 12.7. The highest BCUT2D eigenvalue weighted by Crippen LogP contribution is 2.13. The van der Waals surface area contributed by atoms with Crippen molar-refractivity contribution in [3.05, 3.63) is 60.4 Å². The van der Waals surface area contributed by atoms with Gasteiger partial charge in [-0.05, 0) is 24.3 Å². The van der Waals surface area contributed by atoms with Crippen LogP contribution in [0.15, 0.2) is 59.7 Å².